The number of nitrogens with zero attached hydrogens (tertiary/aromatic N) is 1. The fourth-order valence-electron chi connectivity index (χ4n) is 0.855. The molecular formula is C6H6NO. The lowest BCUT2D eigenvalue weighted by molar-refractivity contribution is 0.184. The number of fused-ring (bicyclic) bond motifs is 1. The summed E-state index contributed by atoms with van der Waals surface area (Å²) in [7, 11) is 0. The van der Waals surface area contributed by atoms with Crippen molar-refractivity contribution in [2.75, 3.05) is 0 Å². The van der Waals surface area contributed by atoms with Crippen LogP contribution in [0.4, 0.5) is 0 Å². The maximum Gasteiger partial charge on any atom is 0.132 e. The Balaban J connectivity index is 2.54. The molecule has 1 aromatic rings. The van der Waals surface area contributed by atoms with E-state index in [1.54, 1.807) is 6.61 Å². The predicted molar refractivity (Wildman–Crippen MR) is 28.9 cm³/mol. The van der Waals surface area contributed by atoms with Crippen LogP contribution in [-0.2, 0) is 11.5 Å². The summed E-state index contributed by atoms with van der Waals surface area (Å²) in [5.74, 6) is 0. The largest absolute Gasteiger partial charge is 0.348 e. The third-order valence-corrected chi connectivity index (χ3v) is 1.28. The van der Waals surface area contributed by atoms with E-state index in [2.05, 4.69) is 0 Å². The van der Waals surface area contributed by atoms with Gasteiger partial charge in [-0.1, -0.05) is 0 Å². The molecule has 0 aliphatic carbocycles. The number of hydrogen-bond donors (Lipinski definition) is 0. The van der Waals surface area contributed by atoms with E-state index >= 15 is 0 Å². The normalized spacial score (nSPS) is 16.5. The van der Waals surface area contributed by atoms with E-state index in [0.29, 0.717) is 6.73 Å². The summed E-state index contributed by atoms with van der Waals surface area (Å²) in [6.07, 6.45) is 2.00. The Morgan fingerprint density at radius 2 is 2.62 bits per heavy atom. The summed E-state index contributed by atoms with van der Waals surface area (Å²) in [5.41, 5.74) is 1.16. The molecule has 2 heterocycles. The SMILES string of the molecule is [CH]1OCn2cccc21. The third kappa shape index (κ3) is 0.406. The maximum atomic E-state index is 4.99. The highest BCUT2D eigenvalue weighted by Gasteiger charge is 2.07. The first-order chi connectivity index (χ1) is 3.97. The van der Waals surface area contributed by atoms with Gasteiger partial charge in [-0.25, -0.2) is 0 Å². The number of rotatable bonds is 0. The van der Waals surface area contributed by atoms with Gasteiger partial charge in [0.2, 0.25) is 0 Å². The molecule has 1 radical (unpaired) electrons. The monoisotopic (exact) mass is 108 g/mol. The topological polar surface area (TPSA) is 14.2 Å². The van der Waals surface area contributed by atoms with Crippen LogP contribution in [0.1, 0.15) is 5.69 Å². The Labute approximate surface area is 47.7 Å². The first-order valence-corrected chi connectivity index (χ1v) is 2.57. The molecule has 1 aromatic heterocycles. The van der Waals surface area contributed by atoms with E-state index < -0.39 is 0 Å². The first kappa shape index (κ1) is 4.15. The molecule has 0 unspecified atom stereocenters. The van der Waals surface area contributed by atoms with Crippen molar-refractivity contribution in [1.82, 2.24) is 4.57 Å². The minimum absolute atomic E-state index is 0.683. The van der Waals surface area contributed by atoms with Gasteiger partial charge in [0.05, 0.1) is 5.69 Å². The van der Waals surface area contributed by atoms with Crippen molar-refractivity contribution >= 4 is 0 Å². The average molecular weight is 108 g/mol. The van der Waals surface area contributed by atoms with Gasteiger partial charge in [-0.15, -0.1) is 0 Å². The van der Waals surface area contributed by atoms with Gasteiger partial charge in [0.15, 0.2) is 0 Å². The summed E-state index contributed by atoms with van der Waals surface area (Å²) in [6, 6.07) is 4.03. The van der Waals surface area contributed by atoms with E-state index in [9.17, 15) is 0 Å². The van der Waals surface area contributed by atoms with Crippen LogP contribution in [0.15, 0.2) is 18.3 Å². The van der Waals surface area contributed by atoms with Crippen molar-refractivity contribution < 1.29 is 4.74 Å². The molecule has 8 heavy (non-hydrogen) atoms. The lowest BCUT2D eigenvalue weighted by Gasteiger charge is -1.87. The molecule has 0 saturated heterocycles. The lowest BCUT2D eigenvalue weighted by atomic mass is 10.5. The fourth-order valence-corrected chi connectivity index (χ4v) is 0.855. The highest BCUT2D eigenvalue weighted by molar-refractivity contribution is 5.14. The zero-order chi connectivity index (χ0) is 5.40. The van der Waals surface area contributed by atoms with Gasteiger partial charge in [0.1, 0.15) is 13.3 Å². The van der Waals surface area contributed by atoms with Gasteiger partial charge in [-0.05, 0) is 12.1 Å². The second-order valence-electron chi connectivity index (χ2n) is 1.82. The zero-order valence-corrected chi connectivity index (χ0v) is 4.37. The molecule has 2 heteroatoms. The Bertz CT molecular complexity index is 174. The predicted octanol–water partition coefficient (Wildman–Crippen LogP) is 0.986. The van der Waals surface area contributed by atoms with Crippen molar-refractivity contribution in [1.29, 1.82) is 0 Å². The minimum Gasteiger partial charge on any atom is -0.348 e. The second-order valence-corrected chi connectivity index (χ2v) is 1.82. The molecule has 2 nitrogen and oxygen atoms in total. The minimum atomic E-state index is 0.683. The van der Waals surface area contributed by atoms with Gasteiger partial charge in [0.25, 0.3) is 0 Å². The van der Waals surface area contributed by atoms with Gasteiger partial charge in [-0.3, -0.25) is 0 Å². The van der Waals surface area contributed by atoms with Crippen LogP contribution in [0.2, 0.25) is 0 Å². The molecule has 2 rings (SSSR count). The Morgan fingerprint density at radius 3 is 3.50 bits per heavy atom. The molecule has 0 atom stereocenters. The molecular weight excluding hydrogens is 102 g/mol. The number of hydrogen-bond acceptors (Lipinski definition) is 1. The summed E-state index contributed by atoms with van der Waals surface area (Å²) in [6.45, 7) is 2.45. The van der Waals surface area contributed by atoms with Gasteiger partial charge in [-0.2, -0.15) is 0 Å². The summed E-state index contributed by atoms with van der Waals surface area (Å²) < 4.78 is 7.03. The zero-order valence-electron chi connectivity index (χ0n) is 4.37. The lowest BCUT2D eigenvalue weighted by Crippen LogP contribution is -1.87. The Hall–Kier alpha value is -0.760. The van der Waals surface area contributed by atoms with Crippen molar-refractivity contribution in [2.45, 2.75) is 6.73 Å². The quantitative estimate of drug-likeness (QED) is 0.483. The molecule has 0 saturated carbocycles. The van der Waals surface area contributed by atoms with Crippen molar-refractivity contribution in [3.8, 4) is 0 Å². The Kier molecular flexibility index (Phi) is 0.704. The van der Waals surface area contributed by atoms with Crippen molar-refractivity contribution in [2.24, 2.45) is 0 Å². The number of ether oxygens (including phenoxy) is 1. The van der Waals surface area contributed by atoms with Crippen LogP contribution in [0.5, 0.6) is 0 Å². The van der Waals surface area contributed by atoms with E-state index in [0.717, 1.165) is 5.69 Å². The molecule has 41 valence electrons. The molecule has 1 aliphatic rings. The van der Waals surface area contributed by atoms with Crippen LogP contribution in [0.25, 0.3) is 0 Å². The van der Waals surface area contributed by atoms with Crippen molar-refractivity contribution in [3.63, 3.8) is 0 Å². The van der Waals surface area contributed by atoms with E-state index in [4.69, 9.17) is 4.74 Å². The maximum absolute atomic E-state index is 4.99. The second kappa shape index (κ2) is 1.36. The van der Waals surface area contributed by atoms with Crippen molar-refractivity contribution in [3.05, 3.63) is 30.6 Å². The molecule has 0 aromatic carbocycles. The van der Waals surface area contributed by atoms with E-state index in [-0.39, 0.29) is 0 Å². The van der Waals surface area contributed by atoms with Gasteiger partial charge in [0, 0.05) is 6.20 Å². The summed E-state index contributed by atoms with van der Waals surface area (Å²) in [4.78, 5) is 0. The standard InChI is InChI=1S/C6H6NO/c1-2-6-4-8-5-7(6)3-1/h1-4H,5H2. The van der Waals surface area contributed by atoms with Gasteiger partial charge < -0.3 is 9.30 Å². The molecule has 0 bridgehead atoms. The summed E-state index contributed by atoms with van der Waals surface area (Å²) >= 11 is 0. The molecule has 1 aliphatic heterocycles. The highest BCUT2D eigenvalue weighted by atomic mass is 16.5. The first-order valence-electron chi connectivity index (χ1n) is 2.57. The van der Waals surface area contributed by atoms with Crippen LogP contribution in [-0.4, -0.2) is 4.57 Å². The van der Waals surface area contributed by atoms with Gasteiger partial charge >= 0.3 is 0 Å². The van der Waals surface area contributed by atoms with Crippen LogP contribution >= 0.6 is 0 Å². The summed E-state index contributed by atoms with van der Waals surface area (Å²) in [5, 5.41) is 0. The fraction of sp³-hybridized carbons (Fsp3) is 0.167. The van der Waals surface area contributed by atoms with E-state index in [1.165, 1.54) is 0 Å². The molecule has 0 amide bonds. The van der Waals surface area contributed by atoms with Crippen LogP contribution < -0.4 is 0 Å². The van der Waals surface area contributed by atoms with Crippen LogP contribution in [0, 0.1) is 6.61 Å². The third-order valence-electron chi connectivity index (χ3n) is 1.28. The van der Waals surface area contributed by atoms with Crippen LogP contribution in [0.3, 0.4) is 0 Å². The highest BCUT2D eigenvalue weighted by Crippen LogP contribution is 2.12. The smallest absolute Gasteiger partial charge is 0.132 e. The Morgan fingerprint density at radius 1 is 1.62 bits per heavy atom. The van der Waals surface area contributed by atoms with E-state index in [1.807, 2.05) is 22.9 Å². The average Bonchev–Trinajstić information content (AvgIpc) is 2.15. The molecule has 0 N–H and O–H groups in total. The number of aromatic nitrogens is 1. The molecule has 0 fully saturated rings. The molecule has 0 spiro atoms.